The van der Waals surface area contributed by atoms with Crippen LogP contribution in [0, 0.1) is 11.3 Å². The quantitative estimate of drug-likeness (QED) is 0.734. The molecule has 24 heavy (non-hydrogen) atoms. The number of thioether (sulfide) groups is 1. The molecule has 1 N–H and O–H groups in total. The van der Waals surface area contributed by atoms with E-state index >= 15 is 0 Å². The third kappa shape index (κ3) is 2.96. The molecule has 0 radical (unpaired) electrons. The molecular weight excluding hydrogens is 324 g/mol. The number of carboxylic acid groups (broad SMARTS) is 1. The smallest absolute Gasteiger partial charge is 0.319 e. The average Bonchev–Trinajstić information content (AvgIpc) is 2.97. The van der Waals surface area contributed by atoms with Gasteiger partial charge in [0.05, 0.1) is 11.6 Å². The van der Waals surface area contributed by atoms with Gasteiger partial charge in [-0.3, -0.25) is 9.20 Å². The fraction of sp³-hybridized carbons (Fsp3) is 0.176. The fourth-order valence-corrected chi connectivity index (χ4v) is 3.13. The first-order chi connectivity index (χ1) is 11.4. The molecule has 0 amide bonds. The van der Waals surface area contributed by atoms with Gasteiger partial charge in [-0.15, -0.1) is 22.0 Å². The zero-order valence-corrected chi connectivity index (χ0v) is 13.9. The maximum atomic E-state index is 11.3. The van der Waals surface area contributed by atoms with Crippen molar-refractivity contribution in [3.63, 3.8) is 0 Å². The highest BCUT2D eigenvalue weighted by molar-refractivity contribution is 8.01. The lowest BCUT2D eigenvalue weighted by atomic mass is 10.1. The van der Waals surface area contributed by atoms with Gasteiger partial charge in [-0.25, -0.2) is 0 Å². The Morgan fingerprint density at radius 3 is 2.54 bits per heavy atom. The summed E-state index contributed by atoms with van der Waals surface area (Å²) in [4.78, 5) is 12.1. The Morgan fingerprint density at radius 1 is 1.21 bits per heavy atom. The number of aromatic nitrogens is 3. The van der Waals surface area contributed by atoms with Crippen molar-refractivity contribution >= 4 is 23.4 Å². The summed E-state index contributed by atoms with van der Waals surface area (Å²) >= 11 is 1.26. The highest BCUT2D eigenvalue weighted by Gasteiger charge is 2.28. The number of pyridine rings is 1. The van der Waals surface area contributed by atoms with Crippen LogP contribution in [0.2, 0.25) is 0 Å². The summed E-state index contributed by atoms with van der Waals surface area (Å²) in [7, 11) is 0. The number of nitriles is 1. The molecule has 0 saturated carbocycles. The Balaban J connectivity index is 2.03. The zero-order valence-electron chi connectivity index (χ0n) is 13.1. The summed E-state index contributed by atoms with van der Waals surface area (Å²) in [5, 5.41) is 26.5. The predicted octanol–water partition coefficient (Wildman–Crippen LogP) is 3.22. The van der Waals surface area contributed by atoms with Gasteiger partial charge in [0, 0.05) is 16.7 Å². The summed E-state index contributed by atoms with van der Waals surface area (Å²) in [5.74, 6) is -0.228. The van der Waals surface area contributed by atoms with Crippen molar-refractivity contribution in [2.24, 2.45) is 0 Å². The topological polar surface area (TPSA) is 91.3 Å². The van der Waals surface area contributed by atoms with E-state index in [0.29, 0.717) is 17.0 Å². The maximum Gasteiger partial charge on any atom is 0.319 e. The van der Waals surface area contributed by atoms with Crippen LogP contribution in [-0.4, -0.2) is 30.4 Å². The molecule has 0 bridgehead atoms. The molecule has 2 aromatic heterocycles. The van der Waals surface area contributed by atoms with Crippen LogP contribution in [0.1, 0.15) is 19.4 Å². The zero-order chi connectivity index (χ0) is 17.3. The average molecular weight is 338 g/mol. The summed E-state index contributed by atoms with van der Waals surface area (Å²) in [6.07, 6.45) is 1.83. The second kappa shape index (κ2) is 5.98. The number of hydrogen-bond donors (Lipinski definition) is 1. The molecule has 0 fully saturated rings. The molecule has 0 atom stereocenters. The highest BCUT2D eigenvalue weighted by atomic mass is 32.2. The number of carboxylic acids is 1. The molecule has 2 heterocycles. The van der Waals surface area contributed by atoms with E-state index in [4.69, 9.17) is 5.26 Å². The third-order valence-electron chi connectivity index (χ3n) is 3.54. The molecule has 1 aromatic carbocycles. The third-order valence-corrected chi connectivity index (χ3v) is 4.70. The summed E-state index contributed by atoms with van der Waals surface area (Å²) in [5.41, 5.74) is 2.08. The monoisotopic (exact) mass is 338 g/mol. The van der Waals surface area contributed by atoms with E-state index in [1.165, 1.54) is 11.8 Å². The van der Waals surface area contributed by atoms with Gasteiger partial charge in [0.25, 0.3) is 0 Å². The Hall–Kier alpha value is -2.85. The van der Waals surface area contributed by atoms with Crippen molar-refractivity contribution in [2.75, 3.05) is 0 Å². The molecule has 0 aliphatic heterocycles. The van der Waals surface area contributed by atoms with Crippen LogP contribution >= 0.6 is 11.8 Å². The van der Waals surface area contributed by atoms with Gasteiger partial charge in [0.15, 0.2) is 11.5 Å². The van der Waals surface area contributed by atoms with Gasteiger partial charge in [0.2, 0.25) is 0 Å². The fourth-order valence-electron chi connectivity index (χ4n) is 2.16. The van der Waals surface area contributed by atoms with Gasteiger partial charge in [-0.2, -0.15) is 5.26 Å². The molecule has 6 nitrogen and oxygen atoms in total. The highest BCUT2D eigenvalue weighted by Crippen LogP contribution is 2.33. The van der Waals surface area contributed by atoms with Crippen LogP contribution in [0.4, 0.5) is 0 Å². The molecule has 0 saturated heterocycles. The predicted molar refractivity (Wildman–Crippen MR) is 90.7 cm³/mol. The second-order valence-electron chi connectivity index (χ2n) is 5.72. The SMILES string of the molecule is CC(C)(Sc1ccc2nnc(-c3ccc(C#N)cc3)n2c1)C(=O)O. The van der Waals surface area contributed by atoms with Crippen molar-refractivity contribution < 1.29 is 9.90 Å². The lowest BCUT2D eigenvalue weighted by molar-refractivity contribution is -0.138. The van der Waals surface area contributed by atoms with E-state index in [2.05, 4.69) is 16.3 Å². The van der Waals surface area contributed by atoms with Gasteiger partial charge in [0.1, 0.15) is 4.75 Å². The van der Waals surface area contributed by atoms with Gasteiger partial charge in [-0.05, 0) is 50.2 Å². The molecule has 7 heteroatoms. The number of fused-ring (bicyclic) bond motifs is 1. The van der Waals surface area contributed by atoms with E-state index in [0.717, 1.165) is 10.5 Å². The van der Waals surface area contributed by atoms with Crippen LogP contribution in [0.3, 0.4) is 0 Å². The normalized spacial score (nSPS) is 11.4. The molecule has 0 aliphatic carbocycles. The number of hydrogen-bond acceptors (Lipinski definition) is 5. The first-order valence-corrected chi connectivity index (χ1v) is 8.00. The van der Waals surface area contributed by atoms with Crippen LogP contribution in [0.5, 0.6) is 0 Å². The van der Waals surface area contributed by atoms with Crippen molar-refractivity contribution in [3.05, 3.63) is 48.2 Å². The van der Waals surface area contributed by atoms with Gasteiger partial charge < -0.3 is 5.11 Å². The van der Waals surface area contributed by atoms with Crippen LogP contribution in [0.15, 0.2) is 47.5 Å². The molecule has 3 rings (SSSR count). The Morgan fingerprint density at radius 2 is 1.92 bits per heavy atom. The number of aliphatic carboxylic acids is 1. The summed E-state index contributed by atoms with van der Waals surface area (Å²) in [6, 6.07) is 12.8. The van der Waals surface area contributed by atoms with E-state index < -0.39 is 10.7 Å². The van der Waals surface area contributed by atoms with Crippen molar-refractivity contribution in [3.8, 4) is 17.5 Å². The Bertz CT molecular complexity index is 955. The van der Waals surface area contributed by atoms with E-state index in [1.807, 2.05) is 28.8 Å². The molecule has 0 unspecified atom stereocenters. The van der Waals surface area contributed by atoms with E-state index in [1.54, 1.807) is 32.0 Å². The van der Waals surface area contributed by atoms with Crippen LogP contribution < -0.4 is 0 Å². The number of carbonyl (C=O) groups is 1. The number of rotatable bonds is 4. The minimum atomic E-state index is -0.934. The first kappa shape index (κ1) is 16.0. The molecular formula is C17H14N4O2S. The standard InChI is InChI=1S/C17H14N4O2S/c1-17(2,16(22)23)24-13-7-8-14-19-20-15(21(14)10-13)12-5-3-11(9-18)4-6-12/h3-8,10H,1-2H3,(H,22,23). The van der Waals surface area contributed by atoms with Crippen molar-refractivity contribution in [1.29, 1.82) is 5.26 Å². The second-order valence-corrected chi connectivity index (χ2v) is 7.42. The molecule has 3 aromatic rings. The van der Waals surface area contributed by atoms with Crippen LogP contribution in [0.25, 0.3) is 17.0 Å². The van der Waals surface area contributed by atoms with E-state index in [9.17, 15) is 9.90 Å². The Labute approximate surface area is 142 Å². The number of nitrogens with zero attached hydrogens (tertiary/aromatic N) is 4. The minimum absolute atomic E-state index is 0.576. The van der Waals surface area contributed by atoms with Crippen LogP contribution in [-0.2, 0) is 4.79 Å². The first-order valence-electron chi connectivity index (χ1n) is 7.18. The summed E-state index contributed by atoms with van der Waals surface area (Å²) < 4.78 is 0.887. The van der Waals surface area contributed by atoms with E-state index in [-0.39, 0.29) is 0 Å². The maximum absolute atomic E-state index is 11.3. The number of benzene rings is 1. The lowest BCUT2D eigenvalue weighted by Crippen LogP contribution is -2.26. The molecule has 0 spiro atoms. The molecule has 120 valence electrons. The van der Waals surface area contributed by atoms with Gasteiger partial charge >= 0.3 is 5.97 Å². The molecule has 0 aliphatic rings. The largest absolute Gasteiger partial charge is 0.480 e. The Kier molecular flexibility index (Phi) is 3.99. The lowest BCUT2D eigenvalue weighted by Gasteiger charge is -2.18. The van der Waals surface area contributed by atoms with Gasteiger partial charge in [-0.1, -0.05) is 0 Å². The summed E-state index contributed by atoms with van der Waals surface area (Å²) in [6.45, 7) is 3.33. The van der Waals surface area contributed by atoms with Crippen molar-refractivity contribution in [2.45, 2.75) is 23.5 Å². The minimum Gasteiger partial charge on any atom is -0.480 e. The van der Waals surface area contributed by atoms with Crippen molar-refractivity contribution in [1.82, 2.24) is 14.6 Å².